The molecule has 0 bridgehead atoms. The van der Waals surface area contributed by atoms with Crippen molar-refractivity contribution >= 4 is 11.6 Å². The first-order chi connectivity index (χ1) is 10.7. The first-order valence-electron chi connectivity index (χ1n) is 7.21. The standard InChI is InChI=1S/C18H19N3O/c1-21(14-15-6-3-2-4-7-15)18(22)10-11-20-17-9-5-8-16(12-17)13-19/h2-9,12,20H,10-11,14H2,1H3. The lowest BCUT2D eigenvalue weighted by atomic mass is 10.2. The molecule has 2 aromatic rings. The number of nitrogens with one attached hydrogen (secondary N) is 1. The monoisotopic (exact) mass is 293 g/mol. The van der Waals surface area contributed by atoms with E-state index in [1.807, 2.05) is 49.5 Å². The fraction of sp³-hybridized carbons (Fsp3) is 0.222. The highest BCUT2D eigenvalue weighted by Crippen LogP contribution is 2.10. The number of carbonyl (C=O) groups excluding carboxylic acids is 1. The van der Waals surface area contributed by atoms with Crippen LogP contribution in [-0.2, 0) is 11.3 Å². The lowest BCUT2D eigenvalue weighted by Crippen LogP contribution is -2.27. The highest BCUT2D eigenvalue weighted by molar-refractivity contribution is 5.76. The highest BCUT2D eigenvalue weighted by Gasteiger charge is 2.08. The van der Waals surface area contributed by atoms with E-state index in [2.05, 4.69) is 11.4 Å². The number of anilines is 1. The van der Waals surface area contributed by atoms with E-state index in [4.69, 9.17) is 5.26 Å². The molecule has 0 aliphatic heterocycles. The van der Waals surface area contributed by atoms with Crippen molar-refractivity contribution in [1.29, 1.82) is 5.26 Å². The molecule has 0 saturated carbocycles. The molecule has 0 unspecified atom stereocenters. The summed E-state index contributed by atoms with van der Waals surface area (Å²) in [7, 11) is 1.81. The smallest absolute Gasteiger partial charge is 0.224 e. The number of rotatable bonds is 6. The Morgan fingerprint density at radius 3 is 2.68 bits per heavy atom. The maximum atomic E-state index is 12.1. The van der Waals surface area contributed by atoms with Crippen molar-refractivity contribution in [2.24, 2.45) is 0 Å². The van der Waals surface area contributed by atoms with E-state index in [1.165, 1.54) is 0 Å². The molecule has 2 aromatic carbocycles. The topological polar surface area (TPSA) is 56.1 Å². The minimum atomic E-state index is 0.0905. The van der Waals surface area contributed by atoms with E-state index in [1.54, 1.807) is 17.0 Å². The molecule has 2 rings (SSSR count). The molecule has 0 saturated heterocycles. The molecule has 0 spiro atoms. The summed E-state index contributed by atoms with van der Waals surface area (Å²) in [5.41, 5.74) is 2.59. The molecule has 0 aliphatic carbocycles. The summed E-state index contributed by atoms with van der Waals surface area (Å²) in [5, 5.41) is 12.0. The predicted molar refractivity (Wildman–Crippen MR) is 87.2 cm³/mol. The van der Waals surface area contributed by atoms with Gasteiger partial charge in [-0.1, -0.05) is 36.4 Å². The number of hydrogen-bond donors (Lipinski definition) is 1. The van der Waals surface area contributed by atoms with Gasteiger partial charge in [0.2, 0.25) is 5.91 Å². The summed E-state index contributed by atoms with van der Waals surface area (Å²) < 4.78 is 0. The van der Waals surface area contributed by atoms with Gasteiger partial charge < -0.3 is 10.2 Å². The van der Waals surface area contributed by atoms with Gasteiger partial charge in [0.25, 0.3) is 0 Å². The predicted octanol–water partition coefficient (Wildman–Crippen LogP) is 3.02. The summed E-state index contributed by atoms with van der Waals surface area (Å²) in [6.45, 7) is 1.16. The van der Waals surface area contributed by atoms with Crippen molar-refractivity contribution in [2.75, 3.05) is 18.9 Å². The van der Waals surface area contributed by atoms with Gasteiger partial charge in [-0.3, -0.25) is 4.79 Å². The Labute approximate surface area is 131 Å². The van der Waals surface area contributed by atoms with Crippen LogP contribution in [0.5, 0.6) is 0 Å². The van der Waals surface area contributed by atoms with Gasteiger partial charge in [0, 0.05) is 32.2 Å². The maximum Gasteiger partial charge on any atom is 0.224 e. The second-order valence-corrected chi connectivity index (χ2v) is 5.10. The van der Waals surface area contributed by atoms with Gasteiger partial charge in [0.1, 0.15) is 0 Å². The molecule has 4 nitrogen and oxygen atoms in total. The zero-order valence-corrected chi connectivity index (χ0v) is 12.6. The van der Waals surface area contributed by atoms with Crippen LogP contribution < -0.4 is 5.32 Å². The van der Waals surface area contributed by atoms with Crippen molar-refractivity contribution in [3.63, 3.8) is 0 Å². The van der Waals surface area contributed by atoms with Crippen molar-refractivity contribution in [2.45, 2.75) is 13.0 Å². The van der Waals surface area contributed by atoms with E-state index in [-0.39, 0.29) is 5.91 Å². The number of hydrogen-bond acceptors (Lipinski definition) is 3. The zero-order valence-electron chi connectivity index (χ0n) is 12.6. The zero-order chi connectivity index (χ0) is 15.8. The average Bonchev–Trinajstić information content (AvgIpc) is 2.56. The van der Waals surface area contributed by atoms with Crippen LogP contribution >= 0.6 is 0 Å². The van der Waals surface area contributed by atoms with Crippen molar-refractivity contribution in [3.05, 3.63) is 65.7 Å². The van der Waals surface area contributed by atoms with Gasteiger partial charge in [0.05, 0.1) is 11.6 Å². The van der Waals surface area contributed by atoms with E-state index < -0.39 is 0 Å². The maximum absolute atomic E-state index is 12.1. The second kappa shape index (κ2) is 7.84. The Balaban J connectivity index is 1.78. The fourth-order valence-corrected chi connectivity index (χ4v) is 2.15. The molecule has 0 heterocycles. The number of carbonyl (C=O) groups is 1. The Morgan fingerprint density at radius 2 is 1.95 bits per heavy atom. The van der Waals surface area contributed by atoms with E-state index in [0.717, 1.165) is 11.3 Å². The molecular formula is C18H19N3O. The Bertz CT molecular complexity index is 662. The molecule has 1 N–H and O–H groups in total. The van der Waals surface area contributed by atoms with Gasteiger partial charge in [-0.25, -0.2) is 0 Å². The summed E-state index contributed by atoms with van der Waals surface area (Å²) in [6, 6.07) is 19.3. The quantitative estimate of drug-likeness (QED) is 0.890. The van der Waals surface area contributed by atoms with Gasteiger partial charge in [-0.05, 0) is 23.8 Å². The largest absolute Gasteiger partial charge is 0.384 e. The molecule has 0 aromatic heterocycles. The van der Waals surface area contributed by atoms with Gasteiger partial charge >= 0.3 is 0 Å². The Morgan fingerprint density at radius 1 is 1.18 bits per heavy atom. The molecule has 22 heavy (non-hydrogen) atoms. The summed E-state index contributed by atoms with van der Waals surface area (Å²) in [4.78, 5) is 13.8. The molecule has 4 heteroatoms. The normalized spacial score (nSPS) is 9.82. The molecule has 0 fully saturated rings. The minimum absolute atomic E-state index is 0.0905. The van der Waals surface area contributed by atoms with Crippen LogP contribution in [0.15, 0.2) is 54.6 Å². The third-order valence-electron chi connectivity index (χ3n) is 3.35. The molecule has 0 atom stereocenters. The average molecular weight is 293 g/mol. The molecule has 0 radical (unpaired) electrons. The molecule has 112 valence electrons. The van der Waals surface area contributed by atoms with Crippen LogP contribution in [0.2, 0.25) is 0 Å². The lowest BCUT2D eigenvalue weighted by Gasteiger charge is -2.17. The van der Waals surface area contributed by atoms with E-state index in [9.17, 15) is 4.79 Å². The minimum Gasteiger partial charge on any atom is -0.384 e. The lowest BCUT2D eigenvalue weighted by molar-refractivity contribution is -0.130. The molecule has 1 amide bonds. The number of nitriles is 1. The Hall–Kier alpha value is -2.80. The highest BCUT2D eigenvalue weighted by atomic mass is 16.2. The fourth-order valence-electron chi connectivity index (χ4n) is 2.15. The van der Waals surface area contributed by atoms with Crippen LogP contribution in [0.25, 0.3) is 0 Å². The number of amides is 1. The molecular weight excluding hydrogens is 274 g/mol. The summed E-state index contributed by atoms with van der Waals surface area (Å²) in [5.74, 6) is 0.0905. The van der Waals surface area contributed by atoms with Gasteiger partial charge in [-0.2, -0.15) is 5.26 Å². The van der Waals surface area contributed by atoms with Crippen LogP contribution in [0.1, 0.15) is 17.5 Å². The van der Waals surface area contributed by atoms with Gasteiger partial charge in [0.15, 0.2) is 0 Å². The summed E-state index contributed by atoms with van der Waals surface area (Å²) in [6.07, 6.45) is 0.417. The number of benzene rings is 2. The van der Waals surface area contributed by atoms with Crippen LogP contribution in [0.4, 0.5) is 5.69 Å². The molecule has 0 aliphatic rings. The van der Waals surface area contributed by atoms with Crippen molar-refractivity contribution in [1.82, 2.24) is 4.90 Å². The Kier molecular flexibility index (Phi) is 5.56. The SMILES string of the molecule is CN(Cc1ccccc1)C(=O)CCNc1cccc(C#N)c1. The third kappa shape index (κ3) is 4.64. The van der Waals surface area contributed by atoms with Crippen LogP contribution in [-0.4, -0.2) is 24.4 Å². The first-order valence-corrected chi connectivity index (χ1v) is 7.21. The van der Waals surface area contributed by atoms with Crippen LogP contribution in [0, 0.1) is 11.3 Å². The number of nitrogens with zero attached hydrogens (tertiary/aromatic N) is 2. The summed E-state index contributed by atoms with van der Waals surface area (Å²) >= 11 is 0. The first kappa shape index (κ1) is 15.6. The van der Waals surface area contributed by atoms with Gasteiger partial charge in [-0.15, -0.1) is 0 Å². The second-order valence-electron chi connectivity index (χ2n) is 5.10. The third-order valence-corrected chi connectivity index (χ3v) is 3.35. The van der Waals surface area contributed by atoms with Crippen molar-refractivity contribution < 1.29 is 4.79 Å². The van der Waals surface area contributed by atoms with Crippen LogP contribution in [0.3, 0.4) is 0 Å². The van der Waals surface area contributed by atoms with E-state index in [0.29, 0.717) is 25.1 Å². The van der Waals surface area contributed by atoms with E-state index >= 15 is 0 Å². The van der Waals surface area contributed by atoms with Crippen molar-refractivity contribution in [3.8, 4) is 6.07 Å².